The SMILES string of the molecule is N#CCOc1ccc(Br)cc1-c1nc2ccccc2[nH]1. The second-order valence-corrected chi connectivity index (χ2v) is 5.11. The maximum absolute atomic E-state index is 8.65. The molecule has 0 aliphatic carbocycles. The molecule has 0 atom stereocenters. The first-order valence-electron chi connectivity index (χ1n) is 6.02. The van der Waals surface area contributed by atoms with Gasteiger partial charge >= 0.3 is 0 Å². The molecule has 5 heteroatoms. The van der Waals surface area contributed by atoms with Crippen molar-refractivity contribution in [3.05, 3.63) is 46.9 Å². The lowest BCUT2D eigenvalue weighted by Gasteiger charge is -2.07. The molecule has 0 aliphatic rings. The Balaban J connectivity index is 2.12. The fourth-order valence-electron chi connectivity index (χ4n) is 2.00. The number of hydrogen-bond acceptors (Lipinski definition) is 3. The smallest absolute Gasteiger partial charge is 0.174 e. The number of ether oxygens (including phenoxy) is 1. The Hall–Kier alpha value is -2.32. The van der Waals surface area contributed by atoms with Crippen molar-refractivity contribution in [3.8, 4) is 23.2 Å². The van der Waals surface area contributed by atoms with Crippen LogP contribution in [-0.4, -0.2) is 16.6 Å². The van der Waals surface area contributed by atoms with Crippen LogP contribution in [0.25, 0.3) is 22.4 Å². The summed E-state index contributed by atoms with van der Waals surface area (Å²) in [5, 5.41) is 8.65. The first-order valence-corrected chi connectivity index (χ1v) is 6.81. The fourth-order valence-corrected chi connectivity index (χ4v) is 2.36. The van der Waals surface area contributed by atoms with Crippen LogP contribution in [0.5, 0.6) is 5.75 Å². The van der Waals surface area contributed by atoms with Crippen LogP contribution in [0.2, 0.25) is 0 Å². The van der Waals surface area contributed by atoms with Crippen LogP contribution in [0.15, 0.2) is 46.9 Å². The zero-order valence-electron chi connectivity index (χ0n) is 10.4. The summed E-state index contributed by atoms with van der Waals surface area (Å²) in [6.07, 6.45) is 0. The second kappa shape index (κ2) is 5.35. The van der Waals surface area contributed by atoms with E-state index in [4.69, 9.17) is 10.00 Å². The monoisotopic (exact) mass is 327 g/mol. The summed E-state index contributed by atoms with van der Waals surface area (Å²) in [7, 11) is 0. The van der Waals surface area contributed by atoms with Gasteiger partial charge in [-0.15, -0.1) is 0 Å². The average Bonchev–Trinajstić information content (AvgIpc) is 2.89. The van der Waals surface area contributed by atoms with Crippen molar-refractivity contribution in [2.75, 3.05) is 6.61 Å². The molecule has 0 saturated heterocycles. The maximum atomic E-state index is 8.65. The van der Waals surface area contributed by atoms with Gasteiger partial charge in [-0.25, -0.2) is 4.98 Å². The minimum absolute atomic E-state index is 0.00879. The minimum atomic E-state index is 0.00879. The molecule has 4 nitrogen and oxygen atoms in total. The van der Waals surface area contributed by atoms with Gasteiger partial charge in [0.05, 0.1) is 16.6 Å². The Morgan fingerprint density at radius 1 is 1.25 bits per heavy atom. The van der Waals surface area contributed by atoms with E-state index >= 15 is 0 Å². The van der Waals surface area contributed by atoms with E-state index in [1.54, 1.807) is 0 Å². The quantitative estimate of drug-likeness (QED) is 0.793. The molecule has 0 spiro atoms. The molecule has 0 unspecified atom stereocenters. The summed E-state index contributed by atoms with van der Waals surface area (Å²) in [6.45, 7) is 0.00879. The highest BCUT2D eigenvalue weighted by Gasteiger charge is 2.11. The highest BCUT2D eigenvalue weighted by molar-refractivity contribution is 9.10. The number of fused-ring (bicyclic) bond motifs is 1. The third-order valence-corrected chi connectivity index (χ3v) is 3.37. The Morgan fingerprint density at radius 2 is 2.10 bits per heavy atom. The Kier molecular flexibility index (Phi) is 3.40. The first-order chi connectivity index (χ1) is 9.78. The number of H-pyrrole nitrogens is 1. The van der Waals surface area contributed by atoms with Gasteiger partial charge in [-0.05, 0) is 30.3 Å². The molecule has 0 fully saturated rings. The van der Waals surface area contributed by atoms with Crippen molar-refractivity contribution >= 4 is 27.0 Å². The third-order valence-electron chi connectivity index (χ3n) is 2.88. The van der Waals surface area contributed by atoms with E-state index in [1.165, 1.54) is 0 Å². The minimum Gasteiger partial charge on any atom is -0.478 e. The largest absolute Gasteiger partial charge is 0.478 e. The van der Waals surface area contributed by atoms with Gasteiger partial charge in [-0.1, -0.05) is 28.1 Å². The average molecular weight is 328 g/mol. The third kappa shape index (κ3) is 2.38. The summed E-state index contributed by atoms with van der Waals surface area (Å²) >= 11 is 3.44. The van der Waals surface area contributed by atoms with Gasteiger partial charge in [0.1, 0.15) is 17.6 Å². The predicted octanol–water partition coefficient (Wildman–Crippen LogP) is 3.89. The van der Waals surface area contributed by atoms with Crippen molar-refractivity contribution in [1.29, 1.82) is 5.26 Å². The number of hydrogen-bond donors (Lipinski definition) is 1. The Bertz CT molecular complexity index is 771. The molecule has 0 amide bonds. The fraction of sp³-hybridized carbons (Fsp3) is 0.0667. The molecular weight excluding hydrogens is 318 g/mol. The van der Waals surface area contributed by atoms with Crippen LogP contribution in [0.4, 0.5) is 0 Å². The number of aromatic amines is 1. The number of para-hydroxylation sites is 2. The van der Waals surface area contributed by atoms with E-state index in [0.717, 1.165) is 26.9 Å². The van der Waals surface area contributed by atoms with E-state index in [1.807, 2.05) is 48.5 Å². The van der Waals surface area contributed by atoms with Crippen LogP contribution in [-0.2, 0) is 0 Å². The van der Waals surface area contributed by atoms with Crippen LogP contribution in [0, 0.1) is 11.3 Å². The number of nitrogens with one attached hydrogen (secondary N) is 1. The van der Waals surface area contributed by atoms with Gasteiger partial charge in [0.15, 0.2) is 6.61 Å². The van der Waals surface area contributed by atoms with E-state index in [2.05, 4.69) is 25.9 Å². The molecule has 20 heavy (non-hydrogen) atoms. The van der Waals surface area contributed by atoms with Gasteiger partial charge in [-0.3, -0.25) is 0 Å². The van der Waals surface area contributed by atoms with Crippen molar-refractivity contribution in [2.24, 2.45) is 0 Å². The topological polar surface area (TPSA) is 61.7 Å². The van der Waals surface area contributed by atoms with E-state index in [-0.39, 0.29) is 6.61 Å². The van der Waals surface area contributed by atoms with Gasteiger partial charge in [0.2, 0.25) is 0 Å². The summed E-state index contributed by atoms with van der Waals surface area (Å²) in [5.74, 6) is 1.36. The number of aromatic nitrogens is 2. The van der Waals surface area contributed by atoms with E-state index in [0.29, 0.717) is 5.75 Å². The number of rotatable bonds is 3. The van der Waals surface area contributed by atoms with Gasteiger partial charge in [-0.2, -0.15) is 5.26 Å². The summed E-state index contributed by atoms with van der Waals surface area (Å²) < 4.78 is 6.38. The van der Waals surface area contributed by atoms with Gasteiger partial charge in [0.25, 0.3) is 0 Å². The zero-order valence-corrected chi connectivity index (χ0v) is 12.0. The molecule has 98 valence electrons. The molecule has 2 aromatic carbocycles. The van der Waals surface area contributed by atoms with Crippen LogP contribution < -0.4 is 4.74 Å². The van der Waals surface area contributed by atoms with E-state index in [9.17, 15) is 0 Å². The first kappa shape index (κ1) is 12.7. The van der Waals surface area contributed by atoms with Gasteiger partial charge in [0, 0.05) is 4.47 Å². The van der Waals surface area contributed by atoms with Crippen molar-refractivity contribution < 1.29 is 4.74 Å². The van der Waals surface area contributed by atoms with Crippen molar-refractivity contribution in [2.45, 2.75) is 0 Å². The maximum Gasteiger partial charge on any atom is 0.174 e. The van der Waals surface area contributed by atoms with Crippen LogP contribution >= 0.6 is 15.9 Å². The van der Waals surface area contributed by atoms with Crippen LogP contribution in [0.1, 0.15) is 0 Å². The highest BCUT2D eigenvalue weighted by Crippen LogP contribution is 2.32. The summed E-state index contributed by atoms with van der Waals surface area (Å²) in [4.78, 5) is 7.81. The second-order valence-electron chi connectivity index (χ2n) is 4.19. The van der Waals surface area contributed by atoms with Crippen LogP contribution in [0.3, 0.4) is 0 Å². The molecule has 0 aliphatic heterocycles. The molecule has 0 saturated carbocycles. The molecule has 1 aromatic heterocycles. The molecular formula is C15H10BrN3O. The number of imidazole rings is 1. The standard InChI is InChI=1S/C15H10BrN3O/c16-10-5-6-14(20-8-7-17)11(9-10)15-18-12-3-1-2-4-13(12)19-15/h1-6,9H,8H2,(H,18,19). The lowest BCUT2D eigenvalue weighted by Crippen LogP contribution is -1.96. The molecule has 1 heterocycles. The number of nitriles is 1. The lowest BCUT2D eigenvalue weighted by molar-refractivity contribution is 0.369. The predicted molar refractivity (Wildman–Crippen MR) is 80.3 cm³/mol. The molecule has 3 rings (SSSR count). The van der Waals surface area contributed by atoms with Crippen molar-refractivity contribution in [1.82, 2.24) is 9.97 Å². The number of benzene rings is 2. The Labute approximate surface area is 124 Å². The molecule has 0 bridgehead atoms. The van der Waals surface area contributed by atoms with Gasteiger partial charge < -0.3 is 9.72 Å². The Morgan fingerprint density at radius 3 is 2.90 bits per heavy atom. The van der Waals surface area contributed by atoms with Crippen molar-refractivity contribution in [3.63, 3.8) is 0 Å². The molecule has 0 radical (unpaired) electrons. The lowest BCUT2D eigenvalue weighted by atomic mass is 10.2. The molecule has 3 aromatic rings. The number of nitrogens with zero attached hydrogens (tertiary/aromatic N) is 2. The normalized spacial score (nSPS) is 10.4. The summed E-state index contributed by atoms with van der Waals surface area (Å²) in [6, 6.07) is 15.4. The zero-order chi connectivity index (χ0) is 13.9. The summed E-state index contributed by atoms with van der Waals surface area (Å²) in [5.41, 5.74) is 2.69. The number of halogens is 1. The highest BCUT2D eigenvalue weighted by atomic mass is 79.9. The van der Waals surface area contributed by atoms with E-state index < -0.39 is 0 Å². The molecule has 1 N–H and O–H groups in total.